The van der Waals surface area contributed by atoms with Crippen molar-refractivity contribution in [3.63, 3.8) is 0 Å². The Labute approximate surface area is 149 Å². The molecule has 1 aliphatic heterocycles. The molecule has 2 heterocycles. The standard InChI is InChI=1S/C20H26N4O/c1-23-12-14-24(15-13-23)19(18-7-3-2-4-8-18)20(25)22-11-9-17-6-5-10-21-16-17/h2-8,10,16,19H,9,11-15H2,1H3,(H,22,25)/t19-/m1/s1. The van der Waals surface area contributed by atoms with Gasteiger partial charge in [-0.25, -0.2) is 0 Å². The molecule has 1 aliphatic rings. The summed E-state index contributed by atoms with van der Waals surface area (Å²) in [5.41, 5.74) is 2.20. The number of hydrogen-bond donors (Lipinski definition) is 1. The first-order valence-electron chi connectivity index (χ1n) is 8.88. The normalized spacial score (nSPS) is 17.2. The summed E-state index contributed by atoms with van der Waals surface area (Å²) in [6, 6.07) is 13.8. The lowest BCUT2D eigenvalue weighted by Crippen LogP contribution is -2.50. The first-order valence-corrected chi connectivity index (χ1v) is 8.88. The van der Waals surface area contributed by atoms with Gasteiger partial charge in [0.05, 0.1) is 0 Å². The van der Waals surface area contributed by atoms with Gasteiger partial charge in [0.15, 0.2) is 0 Å². The zero-order chi connectivity index (χ0) is 17.5. The Morgan fingerprint density at radius 3 is 2.56 bits per heavy atom. The van der Waals surface area contributed by atoms with Crippen LogP contribution < -0.4 is 5.32 Å². The highest BCUT2D eigenvalue weighted by molar-refractivity contribution is 5.83. The van der Waals surface area contributed by atoms with Gasteiger partial charge < -0.3 is 10.2 Å². The number of pyridine rings is 1. The topological polar surface area (TPSA) is 48.5 Å². The molecule has 2 aromatic rings. The summed E-state index contributed by atoms with van der Waals surface area (Å²) in [6.45, 7) is 4.43. The fraction of sp³-hybridized carbons (Fsp3) is 0.400. The van der Waals surface area contributed by atoms with Crippen molar-refractivity contribution >= 4 is 5.91 Å². The van der Waals surface area contributed by atoms with Crippen LogP contribution in [0.25, 0.3) is 0 Å². The Kier molecular flexibility index (Phi) is 6.14. The summed E-state index contributed by atoms with van der Waals surface area (Å²) in [4.78, 5) is 21.6. The lowest BCUT2D eigenvalue weighted by Gasteiger charge is -2.37. The molecule has 1 aromatic heterocycles. The van der Waals surface area contributed by atoms with E-state index in [1.807, 2.05) is 48.7 Å². The molecular weight excluding hydrogens is 312 g/mol. The van der Waals surface area contributed by atoms with Crippen LogP contribution >= 0.6 is 0 Å². The third kappa shape index (κ3) is 4.87. The van der Waals surface area contributed by atoms with Gasteiger partial charge in [0.2, 0.25) is 5.91 Å². The Bertz CT molecular complexity index is 654. The predicted octanol–water partition coefficient (Wildman–Crippen LogP) is 1.73. The summed E-state index contributed by atoms with van der Waals surface area (Å²) in [5.74, 6) is 0.0830. The zero-order valence-corrected chi connectivity index (χ0v) is 14.8. The summed E-state index contributed by atoms with van der Waals surface area (Å²) in [7, 11) is 2.13. The summed E-state index contributed by atoms with van der Waals surface area (Å²) in [5, 5.41) is 3.12. The Balaban J connectivity index is 1.65. The number of piperazine rings is 1. The molecule has 1 saturated heterocycles. The smallest absolute Gasteiger partial charge is 0.241 e. The van der Waals surface area contributed by atoms with Crippen molar-refractivity contribution in [1.82, 2.24) is 20.1 Å². The Morgan fingerprint density at radius 2 is 1.88 bits per heavy atom. The van der Waals surface area contributed by atoms with Gasteiger partial charge in [-0.15, -0.1) is 0 Å². The number of amides is 1. The minimum Gasteiger partial charge on any atom is -0.354 e. The van der Waals surface area contributed by atoms with Crippen LogP contribution in [0.3, 0.4) is 0 Å². The van der Waals surface area contributed by atoms with E-state index in [2.05, 4.69) is 27.1 Å². The fourth-order valence-corrected chi connectivity index (χ4v) is 3.22. The molecule has 0 saturated carbocycles. The van der Waals surface area contributed by atoms with Crippen molar-refractivity contribution in [3.05, 3.63) is 66.0 Å². The van der Waals surface area contributed by atoms with Gasteiger partial charge in [0.25, 0.3) is 0 Å². The number of likely N-dealkylation sites (N-methyl/N-ethyl adjacent to an activating group) is 1. The van der Waals surface area contributed by atoms with E-state index >= 15 is 0 Å². The zero-order valence-electron chi connectivity index (χ0n) is 14.8. The second kappa shape index (κ2) is 8.74. The van der Waals surface area contributed by atoms with E-state index < -0.39 is 0 Å². The largest absolute Gasteiger partial charge is 0.354 e. The second-order valence-corrected chi connectivity index (χ2v) is 6.55. The minimum atomic E-state index is -0.219. The highest BCUT2D eigenvalue weighted by atomic mass is 16.2. The molecule has 1 fully saturated rings. The van der Waals surface area contributed by atoms with Gasteiger partial charge in [0.1, 0.15) is 6.04 Å². The molecular formula is C20H26N4O. The number of hydrogen-bond acceptors (Lipinski definition) is 4. The van der Waals surface area contributed by atoms with Crippen LogP contribution in [0.1, 0.15) is 17.2 Å². The molecule has 1 N–H and O–H groups in total. The van der Waals surface area contributed by atoms with Gasteiger partial charge in [-0.05, 0) is 30.7 Å². The molecule has 1 atom stereocenters. The third-order valence-electron chi connectivity index (χ3n) is 4.70. The van der Waals surface area contributed by atoms with Crippen LogP contribution in [0.4, 0.5) is 0 Å². The van der Waals surface area contributed by atoms with Crippen LogP contribution in [0.2, 0.25) is 0 Å². The number of carbonyl (C=O) groups excluding carboxylic acids is 1. The molecule has 5 heteroatoms. The maximum Gasteiger partial charge on any atom is 0.241 e. The van der Waals surface area contributed by atoms with E-state index in [1.165, 1.54) is 0 Å². The summed E-state index contributed by atoms with van der Waals surface area (Å²) < 4.78 is 0. The summed E-state index contributed by atoms with van der Waals surface area (Å²) >= 11 is 0. The second-order valence-electron chi connectivity index (χ2n) is 6.55. The van der Waals surface area contributed by atoms with E-state index in [1.54, 1.807) is 6.20 Å². The summed E-state index contributed by atoms with van der Waals surface area (Å²) in [6.07, 6.45) is 4.41. The fourth-order valence-electron chi connectivity index (χ4n) is 3.22. The third-order valence-corrected chi connectivity index (χ3v) is 4.70. The number of benzene rings is 1. The average Bonchev–Trinajstić information content (AvgIpc) is 2.65. The number of aromatic nitrogens is 1. The predicted molar refractivity (Wildman–Crippen MR) is 99.2 cm³/mol. The molecule has 1 amide bonds. The van der Waals surface area contributed by atoms with Gasteiger partial charge in [-0.2, -0.15) is 0 Å². The molecule has 132 valence electrons. The molecule has 25 heavy (non-hydrogen) atoms. The van der Waals surface area contributed by atoms with Crippen molar-refractivity contribution in [3.8, 4) is 0 Å². The molecule has 5 nitrogen and oxygen atoms in total. The molecule has 0 aliphatic carbocycles. The van der Waals surface area contributed by atoms with Gasteiger partial charge in [0, 0.05) is 45.1 Å². The van der Waals surface area contributed by atoms with Crippen molar-refractivity contribution in [2.75, 3.05) is 39.8 Å². The van der Waals surface area contributed by atoms with E-state index in [4.69, 9.17) is 0 Å². The van der Waals surface area contributed by atoms with Crippen LogP contribution in [0.5, 0.6) is 0 Å². The van der Waals surface area contributed by atoms with Gasteiger partial charge in [-0.1, -0.05) is 36.4 Å². The van der Waals surface area contributed by atoms with Crippen LogP contribution in [0.15, 0.2) is 54.9 Å². The van der Waals surface area contributed by atoms with E-state index in [0.29, 0.717) is 6.54 Å². The Morgan fingerprint density at radius 1 is 1.12 bits per heavy atom. The number of carbonyl (C=O) groups is 1. The highest BCUT2D eigenvalue weighted by Gasteiger charge is 2.29. The highest BCUT2D eigenvalue weighted by Crippen LogP contribution is 2.22. The molecule has 3 rings (SSSR count). The average molecular weight is 338 g/mol. The Hall–Kier alpha value is -2.24. The van der Waals surface area contributed by atoms with E-state index in [0.717, 1.165) is 43.7 Å². The van der Waals surface area contributed by atoms with Crippen LogP contribution in [-0.4, -0.2) is 60.5 Å². The maximum atomic E-state index is 12.9. The van der Waals surface area contributed by atoms with Crippen molar-refractivity contribution in [1.29, 1.82) is 0 Å². The SMILES string of the molecule is CN1CCN([C@@H](C(=O)NCCc2cccnc2)c2ccccc2)CC1. The first-order chi connectivity index (χ1) is 12.2. The maximum absolute atomic E-state index is 12.9. The number of rotatable bonds is 6. The molecule has 0 unspecified atom stereocenters. The molecule has 0 spiro atoms. The van der Waals surface area contributed by atoms with Gasteiger partial charge >= 0.3 is 0 Å². The van der Waals surface area contributed by atoms with Crippen molar-refractivity contribution < 1.29 is 4.79 Å². The van der Waals surface area contributed by atoms with Crippen molar-refractivity contribution in [2.24, 2.45) is 0 Å². The molecule has 1 aromatic carbocycles. The van der Waals surface area contributed by atoms with E-state index in [-0.39, 0.29) is 11.9 Å². The number of nitrogens with one attached hydrogen (secondary N) is 1. The lowest BCUT2D eigenvalue weighted by atomic mass is 10.0. The number of nitrogens with zero attached hydrogens (tertiary/aromatic N) is 3. The van der Waals surface area contributed by atoms with Crippen LogP contribution in [-0.2, 0) is 11.2 Å². The quantitative estimate of drug-likeness (QED) is 0.871. The molecule has 0 radical (unpaired) electrons. The van der Waals surface area contributed by atoms with Crippen LogP contribution in [0, 0.1) is 0 Å². The van der Waals surface area contributed by atoms with Gasteiger partial charge in [-0.3, -0.25) is 14.7 Å². The van der Waals surface area contributed by atoms with E-state index in [9.17, 15) is 4.79 Å². The first kappa shape index (κ1) is 17.6. The lowest BCUT2D eigenvalue weighted by molar-refractivity contribution is -0.127. The molecule has 0 bridgehead atoms. The minimum absolute atomic E-state index is 0.0830. The monoisotopic (exact) mass is 338 g/mol. The van der Waals surface area contributed by atoms with Crippen molar-refractivity contribution in [2.45, 2.75) is 12.5 Å².